The second kappa shape index (κ2) is 8.92. The molecule has 1 atom stereocenters. The third kappa shape index (κ3) is 5.00. The molecule has 1 aliphatic heterocycles. The molecular formula is C20H21NO2S2. The maximum Gasteiger partial charge on any atom is 0.333 e. The first-order chi connectivity index (χ1) is 12.2. The normalized spacial score (nSPS) is 16.7. The fourth-order valence-corrected chi connectivity index (χ4v) is 4.52. The lowest BCUT2D eigenvalue weighted by Gasteiger charge is -2.33. The lowest BCUT2D eigenvalue weighted by atomic mass is 9.98. The van der Waals surface area contributed by atoms with Crippen LogP contribution in [-0.4, -0.2) is 27.8 Å². The number of carbonyl (C=O) groups is 1. The molecule has 5 heteroatoms. The van der Waals surface area contributed by atoms with Crippen molar-refractivity contribution in [2.24, 2.45) is 0 Å². The molecule has 0 saturated carbocycles. The number of carboxylic acids is 1. The Morgan fingerprint density at radius 3 is 2.76 bits per heavy atom. The van der Waals surface area contributed by atoms with E-state index in [9.17, 15) is 9.90 Å². The van der Waals surface area contributed by atoms with Gasteiger partial charge in [-0.1, -0.05) is 24.3 Å². The zero-order chi connectivity index (χ0) is 17.5. The lowest BCUT2D eigenvalue weighted by Crippen LogP contribution is -2.36. The van der Waals surface area contributed by atoms with Crippen LogP contribution in [-0.2, 0) is 11.3 Å². The molecule has 1 unspecified atom stereocenters. The SMILES string of the molecule is O=C(O)C1=CC=CN(Cc2cccs2)C1CCCSc1ccccc1. The maximum absolute atomic E-state index is 11.6. The fourth-order valence-electron chi connectivity index (χ4n) is 2.91. The zero-order valence-corrected chi connectivity index (χ0v) is 15.5. The first kappa shape index (κ1) is 17.8. The molecule has 0 amide bonds. The van der Waals surface area contributed by atoms with E-state index in [0.717, 1.165) is 25.1 Å². The third-order valence-electron chi connectivity index (χ3n) is 4.11. The smallest absolute Gasteiger partial charge is 0.333 e. The molecule has 0 bridgehead atoms. The van der Waals surface area contributed by atoms with Gasteiger partial charge in [0.1, 0.15) is 0 Å². The van der Waals surface area contributed by atoms with Crippen molar-refractivity contribution < 1.29 is 9.90 Å². The quantitative estimate of drug-likeness (QED) is 0.522. The number of carboxylic acid groups (broad SMARTS) is 1. The molecular weight excluding hydrogens is 350 g/mol. The summed E-state index contributed by atoms with van der Waals surface area (Å²) in [6.07, 6.45) is 7.41. The van der Waals surface area contributed by atoms with E-state index in [1.165, 1.54) is 9.77 Å². The second-order valence-corrected chi connectivity index (χ2v) is 8.04. The number of thiophene rings is 1. The van der Waals surface area contributed by atoms with E-state index in [1.54, 1.807) is 17.4 Å². The molecule has 0 spiro atoms. The molecule has 3 rings (SSSR count). The number of hydrogen-bond acceptors (Lipinski definition) is 4. The third-order valence-corrected chi connectivity index (χ3v) is 6.07. The van der Waals surface area contributed by atoms with Gasteiger partial charge in [0, 0.05) is 16.0 Å². The van der Waals surface area contributed by atoms with Gasteiger partial charge in [-0.25, -0.2) is 4.79 Å². The Bertz CT molecular complexity index is 738. The first-order valence-electron chi connectivity index (χ1n) is 8.31. The van der Waals surface area contributed by atoms with Gasteiger partial charge in [-0.3, -0.25) is 0 Å². The van der Waals surface area contributed by atoms with Crippen LogP contribution in [0.1, 0.15) is 17.7 Å². The highest BCUT2D eigenvalue weighted by Gasteiger charge is 2.26. The van der Waals surface area contributed by atoms with E-state index in [4.69, 9.17) is 0 Å². The van der Waals surface area contributed by atoms with Crippen molar-refractivity contribution in [1.82, 2.24) is 4.90 Å². The van der Waals surface area contributed by atoms with E-state index < -0.39 is 5.97 Å². The molecule has 0 aliphatic carbocycles. The number of aliphatic carboxylic acids is 1. The summed E-state index contributed by atoms with van der Waals surface area (Å²) in [5.74, 6) is 0.172. The average Bonchev–Trinajstić information content (AvgIpc) is 3.13. The second-order valence-electron chi connectivity index (χ2n) is 5.84. The van der Waals surface area contributed by atoms with Crippen molar-refractivity contribution >= 4 is 29.1 Å². The van der Waals surface area contributed by atoms with Gasteiger partial charge in [-0.05, 0) is 54.3 Å². The summed E-state index contributed by atoms with van der Waals surface area (Å²) in [6, 6.07) is 14.4. The van der Waals surface area contributed by atoms with Crippen molar-refractivity contribution in [1.29, 1.82) is 0 Å². The van der Waals surface area contributed by atoms with Crippen LogP contribution < -0.4 is 0 Å². The van der Waals surface area contributed by atoms with Gasteiger partial charge in [0.25, 0.3) is 0 Å². The number of hydrogen-bond donors (Lipinski definition) is 1. The van der Waals surface area contributed by atoms with Crippen LogP contribution in [0.2, 0.25) is 0 Å². The zero-order valence-electron chi connectivity index (χ0n) is 13.9. The summed E-state index contributed by atoms with van der Waals surface area (Å²) in [5, 5.41) is 11.6. The van der Waals surface area contributed by atoms with Crippen LogP contribution in [0.5, 0.6) is 0 Å². The summed E-state index contributed by atoms with van der Waals surface area (Å²) in [5.41, 5.74) is 0.490. The Morgan fingerprint density at radius 1 is 1.20 bits per heavy atom. The van der Waals surface area contributed by atoms with Crippen LogP contribution in [0.15, 0.2) is 76.7 Å². The van der Waals surface area contributed by atoms with Gasteiger partial charge in [0.15, 0.2) is 0 Å². The van der Waals surface area contributed by atoms with Gasteiger partial charge in [0.05, 0.1) is 18.2 Å². The summed E-state index contributed by atoms with van der Waals surface area (Å²) < 4.78 is 0. The van der Waals surface area contributed by atoms with E-state index in [2.05, 4.69) is 28.5 Å². The highest BCUT2D eigenvalue weighted by Crippen LogP contribution is 2.26. The Hall–Kier alpha value is -1.98. The molecule has 2 heterocycles. The van der Waals surface area contributed by atoms with Crippen molar-refractivity contribution in [3.8, 4) is 0 Å². The van der Waals surface area contributed by atoms with Crippen molar-refractivity contribution in [2.75, 3.05) is 5.75 Å². The maximum atomic E-state index is 11.6. The van der Waals surface area contributed by atoms with Gasteiger partial charge in [-0.2, -0.15) is 0 Å². The number of benzene rings is 1. The monoisotopic (exact) mass is 371 g/mol. The topological polar surface area (TPSA) is 40.5 Å². The molecule has 1 N–H and O–H groups in total. The predicted octanol–water partition coefficient (Wildman–Crippen LogP) is 5.03. The minimum Gasteiger partial charge on any atom is -0.478 e. The molecule has 0 saturated heterocycles. The van der Waals surface area contributed by atoms with Crippen molar-refractivity contribution in [2.45, 2.75) is 30.3 Å². The molecule has 130 valence electrons. The summed E-state index contributed by atoms with van der Waals surface area (Å²) in [4.78, 5) is 16.3. The molecule has 0 fully saturated rings. The van der Waals surface area contributed by atoms with E-state index in [1.807, 2.05) is 48.3 Å². The molecule has 1 aromatic heterocycles. The van der Waals surface area contributed by atoms with E-state index in [-0.39, 0.29) is 6.04 Å². The van der Waals surface area contributed by atoms with Crippen LogP contribution in [0.4, 0.5) is 0 Å². The van der Waals surface area contributed by atoms with Crippen LogP contribution in [0.25, 0.3) is 0 Å². The molecule has 3 nitrogen and oxygen atoms in total. The van der Waals surface area contributed by atoms with Gasteiger partial charge >= 0.3 is 5.97 Å². The van der Waals surface area contributed by atoms with Gasteiger partial charge < -0.3 is 10.0 Å². The summed E-state index contributed by atoms with van der Waals surface area (Å²) in [7, 11) is 0. The number of nitrogens with zero attached hydrogens (tertiary/aromatic N) is 1. The highest BCUT2D eigenvalue weighted by molar-refractivity contribution is 7.99. The minimum absolute atomic E-state index is 0.0685. The summed E-state index contributed by atoms with van der Waals surface area (Å²) >= 11 is 3.53. The molecule has 1 aliphatic rings. The molecule has 1 aromatic carbocycles. The molecule has 0 radical (unpaired) electrons. The number of thioether (sulfide) groups is 1. The van der Waals surface area contributed by atoms with Crippen molar-refractivity contribution in [3.63, 3.8) is 0 Å². The average molecular weight is 372 g/mol. The number of allylic oxidation sites excluding steroid dienone is 2. The summed E-state index contributed by atoms with van der Waals surface area (Å²) in [6.45, 7) is 0.759. The Kier molecular flexibility index (Phi) is 6.36. The largest absolute Gasteiger partial charge is 0.478 e. The standard InChI is InChI=1S/C20H21NO2S2/c22-20(23)18-10-4-12-21(15-17-9-5-13-25-17)19(18)11-6-14-24-16-7-2-1-3-8-16/h1-5,7-10,12-13,19H,6,11,14-15H2,(H,22,23). The highest BCUT2D eigenvalue weighted by atomic mass is 32.2. The first-order valence-corrected chi connectivity index (χ1v) is 10.2. The van der Waals surface area contributed by atoms with Crippen molar-refractivity contribution in [3.05, 3.63) is 76.6 Å². The Morgan fingerprint density at radius 2 is 2.04 bits per heavy atom. The van der Waals surface area contributed by atoms with Gasteiger partial charge in [0.2, 0.25) is 0 Å². The Balaban J connectivity index is 1.60. The fraction of sp³-hybridized carbons (Fsp3) is 0.250. The predicted molar refractivity (Wildman–Crippen MR) is 105 cm³/mol. The van der Waals surface area contributed by atoms with E-state index >= 15 is 0 Å². The van der Waals surface area contributed by atoms with Crippen LogP contribution in [0.3, 0.4) is 0 Å². The minimum atomic E-state index is -0.818. The number of rotatable bonds is 8. The molecule has 25 heavy (non-hydrogen) atoms. The van der Waals surface area contributed by atoms with Crippen LogP contribution >= 0.6 is 23.1 Å². The Labute approximate surface area is 156 Å². The van der Waals surface area contributed by atoms with E-state index in [0.29, 0.717) is 5.57 Å². The lowest BCUT2D eigenvalue weighted by molar-refractivity contribution is -0.133. The van der Waals surface area contributed by atoms with Gasteiger partial charge in [-0.15, -0.1) is 23.1 Å². The molecule has 2 aromatic rings. The van der Waals surface area contributed by atoms with Crippen LogP contribution in [0, 0.1) is 0 Å².